The quantitative estimate of drug-likeness (QED) is 0.727. The van der Waals surface area contributed by atoms with E-state index in [0.29, 0.717) is 0 Å². The molecule has 0 saturated heterocycles. The molecule has 0 atom stereocenters. The summed E-state index contributed by atoms with van der Waals surface area (Å²) in [5, 5.41) is -0.107. The van der Waals surface area contributed by atoms with Gasteiger partial charge in [-0.1, -0.05) is 11.6 Å². The third-order valence-electron chi connectivity index (χ3n) is 1.10. The summed E-state index contributed by atoms with van der Waals surface area (Å²) < 4.78 is 21.5. The maximum Gasteiger partial charge on any atom is 0.263 e. The number of aromatic amines is 1. The van der Waals surface area contributed by atoms with Crippen LogP contribution in [0.4, 0.5) is 0 Å². The Hall–Kier alpha value is -0.520. The first kappa shape index (κ1) is 9.57. The van der Waals surface area contributed by atoms with Gasteiger partial charge in [0, 0.05) is 22.9 Å². The third kappa shape index (κ3) is 2.00. The van der Waals surface area contributed by atoms with Crippen molar-refractivity contribution in [2.45, 2.75) is 4.90 Å². The zero-order chi connectivity index (χ0) is 9.35. The van der Waals surface area contributed by atoms with Crippen molar-refractivity contribution in [3.8, 4) is 0 Å². The SMILES string of the molecule is O=c1cc(S(=O)(=O)Cl)c(Cl)c[nH]1. The fourth-order valence-corrected chi connectivity index (χ4v) is 2.08. The highest BCUT2D eigenvalue weighted by Gasteiger charge is 2.14. The lowest BCUT2D eigenvalue weighted by molar-refractivity contribution is 0.609. The molecule has 7 heteroatoms. The molecule has 1 N–H and O–H groups in total. The molecule has 1 rings (SSSR count). The summed E-state index contributed by atoms with van der Waals surface area (Å²) in [6, 6.07) is 0.824. The van der Waals surface area contributed by atoms with E-state index in [2.05, 4.69) is 4.98 Å². The standard InChI is InChI=1S/C5H3Cl2NO3S/c6-3-2-8-5(9)1-4(3)12(7,10)11/h1-2H,(H,8,9). The lowest BCUT2D eigenvalue weighted by Crippen LogP contribution is -2.06. The fourth-order valence-electron chi connectivity index (χ4n) is 0.622. The van der Waals surface area contributed by atoms with Gasteiger partial charge < -0.3 is 4.98 Å². The van der Waals surface area contributed by atoms with E-state index in [1.807, 2.05) is 0 Å². The van der Waals surface area contributed by atoms with Crippen molar-refractivity contribution >= 4 is 31.3 Å². The largest absolute Gasteiger partial charge is 0.328 e. The summed E-state index contributed by atoms with van der Waals surface area (Å²) >= 11 is 5.45. The van der Waals surface area contributed by atoms with Gasteiger partial charge in [-0.25, -0.2) is 8.42 Å². The number of aromatic nitrogens is 1. The van der Waals surface area contributed by atoms with Gasteiger partial charge in [-0.15, -0.1) is 0 Å². The van der Waals surface area contributed by atoms with Crippen molar-refractivity contribution in [2.75, 3.05) is 0 Å². The monoisotopic (exact) mass is 227 g/mol. The second-order valence-corrected chi connectivity index (χ2v) is 4.89. The first-order valence-electron chi connectivity index (χ1n) is 2.74. The molecule has 0 amide bonds. The summed E-state index contributed by atoms with van der Waals surface area (Å²) in [4.78, 5) is 12.5. The first-order valence-corrected chi connectivity index (χ1v) is 5.43. The molecular weight excluding hydrogens is 225 g/mol. The van der Waals surface area contributed by atoms with E-state index < -0.39 is 14.6 Å². The molecule has 0 aliphatic carbocycles. The average Bonchev–Trinajstić information content (AvgIpc) is 1.92. The minimum absolute atomic E-state index is 0.107. The summed E-state index contributed by atoms with van der Waals surface area (Å²) in [5.74, 6) is 0. The molecule has 0 saturated carbocycles. The predicted molar refractivity (Wildman–Crippen MR) is 45.1 cm³/mol. The number of H-pyrrole nitrogens is 1. The van der Waals surface area contributed by atoms with Gasteiger partial charge in [-0.05, 0) is 0 Å². The molecular formula is C5H3Cl2NO3S. The molecule has 0 unspecified atom stereocenters. The van der Waals surface area contributed by atoms with Crippen LogP contribution >= 0.6 is 22.3 Å². The molecule has 0 aromatic carbocycles. The topological polar surface area (TPSA) is 67.0 Å². The second kappa shape index (κ2) is 3.08. The van der Waals surface area contributed by atoms with Crippen LogP contribution in [0, 0.1) is 0 Å². The summed E-state index contributed by atoms with van der Waals surface area (Å²) in [7, 11) is 1.04. The van der Waals surface area contributed by atoms with Crippen molar-refractivity contribution in [3.63, 3.8) is 0 Å². The van der Waals surface area contributed by atoms with Gasteiger partial charge in [0.1, 0.15) is 4.90 Å². The third-order valence-corrected chi connectivity index (χ3v) is 2.89. The van der Waals surface area contributed by atoms with Crippen molar-refractivity contribution in [1.82, 2.24) is 4.98 Å². The number of hydrogen-bond acceptors (Lipinski definition) is 3. The van der Waals surface area contributed by atoms with Crippen LogP contribution in [-0.4, -0.2) is 13.4 Å². The van der Waals surface area contributed by atoms with Crippen molar-refractivity contribution in [2.24, 2.45) is 0 Å². The number of pyridine rings is 1. The van der Waals surface area contributed by atoms with E-state index in [4.69, 9.17) is 22.3 Å². The van der Waals surface area contributed by atoms with Gasteiger partial charge in [-0.2, -0.15) is 0 Å². The summed E-state index contributed by atoms with van der Waals surface area (Å²) in [6.07, 6.45) is 1.07. The van der Waals surface area contributed by atoms with Crippen LogP contribution in [0.2, 0.25) is 5.02 Å². The maximum absolute atomic E-state index is 10.7. The summed E-state index contributed by atoms with van der Waals surface area (Å²) in [6.45, 7) is 0. The molecule has 0 spiro atoms. The smallest absolute Gasteiger partial charge is 0.263 e. The lowest BCUT2D eigenvalue weighted by atomic mass is 10.5. The van der Waals surface area contributed by atoms with E-state index in [1.54, 1.807) is 0 Å². The Morgan fingerprint density at radius 3 is 2.42 bits per heavy atom. The minimum atomic E-state index is -3.94. The van der Waals surface area contributed by atoms with Gasteiger partial charge in [0.05, 0.1) is 5.02 Å². The molecule has 12 heavy (non-hydrogen) atoms. The Morgan fingerprint density at radius 1 is 1.42 bits per heavy atom. The van der Waals surface area contributed by atoms with Gasteiger partial charge in [0.15, 0.2) is 0 Å². The number of nitrogens with one attached hydrogen (secondary N) is 1. The minimum Gasteiger partial charge on any atom is -0.328 e. The van der Waals surface area contributed by atoms with Crippen LogP contribution in [0.15, 0.2) is 22.0 Å². The van der Waals surface area contributed by atoms with E-state index in [-0.39, 0.29) is 9.92 Å². The van der Waals surface area contributed by atoms with Crippen LogP contribution in [0.3, 0.4) is 0 Å². The van der Waals surface area contributed by atoms with E-state index >= 15 is 0 Å². The Balaban J connectivity index is 3.54. The van der Waals surface area contributed by atoms with Crippen molar-refractivity contribution in [3.05, 3.63) is 27.6 Å². The Kier molecular flexibility index (Phi) is 2.46. The zero-order valence-corrected chi connectivity index (χ0v) is 7.87. The maximum atomic E-state index is 10.7. The number of rotatable bonds is 1. The molecule has 4 nitrogen and oxygen atoms in total. The molecule has 0 aliphatic rings. The van der Waals surface area contributed by atoms with E-state index in [1.165, 1.54) is 0 Å². The zero-order valence-electron chi connectivity index (χ0n) is 5.54. The summed E-state index contributed by atoms with van der Waals surface area (Å²) in [5.41, 5.74) is -0.571. The van der Waals surface area contributed by atoms with Crippen LogP contribution in [-0.2, 0) is 9.05 Å². The predicted octanol–water partition coefficient (Wildman–Crippen LogP) is 0.956. The highest BCUT2D eigenvalue weighted by molar-refractivity contribution is 8.13. The van der Waals surface area contributed by atoms with E-state index in [0.717, 1.165) is 12.3 Å². The van der Waals surface area contributed by atoms with Gasteiger partial charge in [-0.3, -0.25) is 4.79 Å². The Morgan fingerprint density at radius 2 is 2.00 bits per heavy atom. The van der Waals surface area contributed by atoms with E-state index in [9.17, 15) is 13.2 Å². The number of halogens is 2. The fraction of sp³-hybridized carbons (Fsp3) is 0. The lowest BCUT2D eigenvalue weighted by Gasteiger charge is -1.96. The molecule has 1 aromatic rings. The Bertz CT molecular complexity index is 450. The normalized spacial score (nSPS) is 11.5. The van der Waals surface area contributed by atoms with Crippen molar-refractivity contribution in [1.29, 1.82) is 0 Å². The molecule has 66 valence electrons. The van der Waals surface area contributed by atoms with Gasteiger partial charge in [0.2, 0.25) is 5.56 Å². The van der Waals surface area contributed by atoms with Gasteiger partial charge >= 0.3 is 0 Å². The average molecular weight is 228 g/mol. The van der Waals surface area contributed by atoms with Crippen molar-refractivity contribution < 1.29 is 8.42 Å². The first-order chi connectivity index (χ1) is 5.41. The van der Waals surface area contributed by atoms with Crippen LogP contribution in [0.5, 0.6) is 0 Å². The van der Waals surface area contributed by atoms with Gasteiger partial charge in [0.25, 0.3) is 9.05 Å². The van der Waals surface area contributed by atoms with Crippen LogP contribution < -0.4 is 5.56 Å². The van der Waals surface area contributed by atoms with Crippen LogP contribution in [0.1, 0.15) is 0 Å². The molecule has 1 aromatic heterocycles. The Labute approximate surface area is 77.5 Å². The second-order valence-electron chi connectivity index (χ2n) is 1.95. The molecule has 0 fully saturated rings. The molecule has 0 radical (unpaired) electrons. The molecule has 0 aliphatic heterocycles. The number of hydrogen-bond donors (Lipinski definition) is 1. The van der Waals surface area contributed by atoms with Crippen LogP contribution in [0.25, 0.3) is 0 Å². The molecule has 1 heterocycles. The highest BCUT2D eigenvalue weighted by Crippen LogP contribution is 2.21. The highest BCUT2D eigenvalue weighted by atomic mass is 35.7. The molecule has 0 bridgehead atoms.